The van der Waals surface area contributed by atoms with E-state index in [0.29, 0.717) is 5.92 Å². The van der Waals surface area contributed by atoms with Gasteiger partial charge in [-0.2, -0.15) is 11.8 Å². The van der Waals surface area contributed by atoms with Crippen LogP contribution in [-0.2, 0) is 10.5 Å². The Hall–Kier alpha value is -0.750. The predicted octanol–water partition coefficient (Wildman–Crippen LogP) is 4.02. The minimum atomic E-state index is -0.404. The van der Waals surface area contributed by atoms with Crippen molar-refractivity contribution in [1.29, 1.82) is 0 Å². The van der Waals surface area contributed by atoms with Crippen LogP contribution in [0.3, 0.4) is 0 Å². The van der Waals surface area contributed by atoms with Gasteiger partial charge in [-0.05, 0) is 45.3 Å². The maximum absolute atomic E-state index is 12.0. The first-order valence-electron chi connectivity index (χ1n) is 7.37. The molecular formula is C15H24N2O2S2. The number of likely N-dealkylation sites (tertiary alicyclic amines) is 1. The van der Waals surface area contributed by atoms with E-state index in [0.717, 1.165) is 31.7 Å². The van der Waals surface area contributed by atoms with E-state index in [1.54, 1.807) is 11.3 Å². The number of carbonyl (C=O) groups is 1. The maximum Gasteiger partial charge on any atom is 0.410 e. The Balaban J connectivity index is 1.65. The Morgan fingerprint density at radius 2 is 2.19 bits per heavy atom. The summed E-state index contributed by atoms with van der Waals surface area (Å²) < 4.78 is 5.42. The lowest BCUT2D eigenvalue weighted by molar-refractivity contribution is 0.0191. The van der Waals surface area contributed by atoms with Crippen LogP contribution in [0.1, 0.15) is 38.5 Å². The molecule has 1 aliphatic heterocycles. The standard InChI is InChI=1S/C15H24N2O2S2/c1-15(2,3)19-14(18)17-6-4-12(5-7-17)9-20-10-13-8-16-11-21-13/h8,11-12H,4-7,9-10H2,1-3H3. The van der Waals surface area contributed by atoms with Crippen LogP contribution in [0, 0.1) is 5.92 Å². The highest BCUT2D eigenvalue weighted by atomic mass is 32.2. The highest BCUT2D eigenvalue weighted by molar-refractivity contribution is 7.98. The summed E-state index contributed by atoms with van der Waals surface area (Å²) in [6, 6.07) is 0. The lowest BCUT2D eigenvalue weighted by atomic mass is 9.99. The van der Waals surface area contributed by atoms with Crippen molar-refractivity contribution in [3.05, 3.63) is 16.6 Å². The van der Waals surface area contributed by atoms with Crippen molar-refractivity contribution in [2.45, 2.75) is 45.0 Å². The van der Waals surface area contributed by atoms with Gasteiger partial charge in [-0.15, -0.1) is 11.3 Å². The topological polar surface area (TPSA) is 42.4 Å². The first-order valence-corrected chi connectivity index (χ1v) is 9.40. The van der Waals surface area contributed by atoms with Gasteiger partial charge in [-0.1, -0.05) is 0 Å². The first-order chi connectivity index (χ1) is 9.94. The van der Waals surface area contributed by atoms with Gasteiger partial charge in [0.25, 0.3) is 0 Å². The Labute approximate surface area is 135 Å². The van der Waals surface area contributed by atoms with Crippen molar-refractivity contribution in [2.75, 3.05) is 18.8 Å². The number of rotatable bonds is 4. The van der Waals surface area contributed by atoms with Crippen LogP contribution in [0.15, 0.2) is 11.7 Å². The average molecular weight is 329 g/mol. The molecular weight excluding hydrogens is 304 g/mol. The molecule has 0 aliphatic carbocycles. The van der Waals surface area contributed by atoms with Crippen LogP contribution in [0.2, 0.25) is 0 Å². The van der Waals surface area contributed by atoms with Gasteiger partial charge in [0.05, 0.1) is 5.51 Å². The highest BCUT2D eigenvalue weighted by Gasteiger charge is 2.26. The van der Waals surface area contributed by atoms with Gasteiger partial charge in [0.2, 0.25) is 0 Å². The molecule has 0 bridgehead atoms. The van der Waals surface area contributed by atoms with Gasteiger partial charge >= 0.3 is 6.09 Å². The Morgan fingerprint density at radius 3 is 2.76 bits per heavy atom. The van der Waals surface area contributed by atoms with E-state index in [2.05, 4.69) is 4.98 Å². The molecule has 1 aromatic heterocycles. The molecule has 0 radical (unpaired) electrons. The zero-order valence-corrected chi connectivity index (χ0v) is 14.6. The van der Waals surface area contributed by atoms with E-state index >= 15 is 0 Å². The fourth-order valence-corrected chi connectivity index (χ4v) is 4.21. The fraction of sp³-hybridized carbons (Fsp3) is 0.733. The number of ether oxygens (including phenoxy) is 1. The maximum atomic E-state index is 12.0. The molecule has 0 unspecified atom stereocenters. The van der Waals surface area contributed by atoms with E-state index < -0.39 is 5.60 Å². The summed E-state index contributed by atoms with van der Waals surface area (Å²) >= 11 is 3.69. The third-order valence-corrected chi connectivity index (χ3v) is 5.53. The molecule has 2 rings (SSSR count). The number of hydrogen-bond acceptors (Lipinski definition) is 5. The van der Waals surface area contributed by atoms with Crippen LogP contribution >= 0.6 is 23.1 Å². The number of aromatic nitrogens is 1. The molecule has 1 amide bonds. The van der Waals surface area contributed by atoms with Crippen LogP contribution in [0.4, 0.5) is 4.79 Å². The molecule has 1 saturated heterocycles. The Morgan fingerprint density at radius 1 is 1.48 bits per heavy atom. The smallest absolute Gasteiger partial charge is 0.410 e. The summed E-state index contributed by atoms with van der Waals surface area (Å²) in [5, 5.41) is 0. The largest absolute Gasteiger partial charge is 0.444 e. The van der Waals surface area contributed by atoms with Crippen LogP contribution in [-0.4, -0.2) is 40.4 Å². The van der Waals surface area contributed by atoms with E-state index in [4.69, 9.17) is 4.74 Å². The van der Waals surface area contributed by atoms with Crippen molar-refractivity contribution in [3.8, 4) is 0 Å². The average Bonchev–Trinajstić information content (AvgIpc) is 2.91. The molecule has 4 nitrogen and oxygen atoms in total. The number of thiazole rings is 1. The third kappa shape index (κ3) is 5.87. The lowest BCUT2D eigenvalue weighted by Crippen LogP contribution is -2.42. The normalized spacial score (nSPS) is 17.0. The third-order valence-electron chi connectivity index (χ3n) is 3.35. The summed E-state index contributed by atoms with van der Waals surface area (Å²) in [5.74, 6) is 2.93. The number of piperidine rings is 1. The SMILES string of the molecule is CC(C)(C)OC(=O)N1CCC(CSCc2cncs2)CC1. The second kappa shape index (κ2) is 7.49. The molecule has 0 aromatic carbocycles. The summed E-state index contributed by atoms with van der Waals surface area (Å²) in [6.07, 6.45) is 3.94. The van der Waals surface area contributed by atoms with Gasteiger partial charge < -0.3 is 9.64 Å². The number of carbonyl (C=O) groups excluding carboxylic acids is 1. The summed E-state index contributed by atoms with van der Waals surface area (Å²) in [4.78, 5) is 19.3. The zero-order valence-electron chi connectivity index (χ0n) is 13.0. The molecule has 0 saturated carbocycles. The molecule has 1 aromatic rings. The molecule has 0 atom stereocenters. The monoisotopic (exact) mass is 328 g/mol. The minimum absolute atomic E-state index is 0.168. The minimum Gasteiger partial charge on any atom is -0.444 e. The van der Waals surface area contributed by atoms with Crippen molar-refractivity contribution < 1.29 is 9.53 Å². The van der Waals surface area contributed by atoms with E-state index in [-0.39, 0.29) is 6.09 Å². The molecule has 6 heteroatoms. The zero-order chi connectivity index (χ0) is 15.3. The molecule has 0 N–H and O–H groups in total. The Kier molecular flexibility index (Phi) is 5.93. The van der Waals surface area contributed by atoms with Crippen molar-refractivity contribution in [1.82, 2.24) is 9.88 Å². The van der Waals surface area contributed by atoms with Crippen molar-refractivity contribution in [3.63, 3.8) is 0 Å². The quantitative estimate of drug-likeness (QED) is 0.837. The molecule has 21 heavy (non-hydrogen) atoms. The van der Waals surface area contributed by atoms with Gasteiger partial charge in [-0.25, -0.2) is 4.79 Å². The summed E-state index contributed by atoms with van der Waals surface area (Å²) in [7, 11) is 0. The van der Waals surface area contributed by atoms with Gasteiger partial charge in [0.15, 0.2) is 0 Å². The first kappa shape index (κ1) is 16.6. The number of amides is 1. The fourth-order valence-electron chi connectivity index (χ4n) is 2.25. The number of hydrogen-bond donors (Lipinski definition) is 0. The summed E-state index contributed by atoms with van der Waals surface area (Å²) in [6.45, 7) is 7.37. The van der Waals surface area contributed by atoms with Crippen LogP contribution < -0.4 is 0 Å². The molecule has 2 heterocycles. The predicted molar refractivity (Wildman–Crippen MR) is 88.8 cm³/mol. The van der Waals surface area contributed by atoms with E-state index in [1.165, 1.54) is 10.6 Å². The molecule has 1 aliphatic rings. The van der Waals surface area contributed by atoms with Gasteiger partial charge in [0, 0.05) is 29.9 Å². The summed E-state index contributed by atoms with van der Waals surface area (Å²) in [5.41, 5.74) is 1.48. The second-order valence-electron chi connectivity index (χ2n) is 6.39. The Bertz CT molecular complexity index is 435. The molecule has 0 spiro atoms. The second-order valence-corrected chi connectivity index (χ2v) is 8.39. The van der Waals surface area contributed by atoms with E-state index in [9.17, 15) is 4.79 Å². The number of thioether (sulfide) groups is 1. The number of nitrogens with zero attached hydrogens (tertiary/aromatic N) is 2. The van der Waals surface area contributed by atoms with Gasteiger partial charge in [0.1, 0.15) is 5.60 Å². The van der Waals surface area contributed by atoms with E-state index in [1.807, 2.05) is 49.1 Å². The lowest BCUT2D eigenvalue weighted by Gasteiger charge is -2.33. The molecule has 1 fully saturated rings. The van der Waals surface area contributed by atoms with Crippen LogP contribution in [0.5, 0.6) is 0 Å². The highest BCUT2D eigenvalue weighted by Crippen LogP contribution is 2.25. The van der Waals surface area contributed by atoms with Crippen LogP contribution in [0.25, 0.3) is 0 Å². The van der Waals surface area contributed by atoms with Gasteiger partial charge in [-0.3, -0.25) is 4.98 Å². The molecule has 118 valence electrons. The van der Waals surface area contributed by atoms with Crippen molar-refractivity contribution >= 4 is 29.2 Å². The van der Waals surface area contributed by atoms with Crippen molar-refractivity contribution in [2.24, 2.45) is 5.92 Å².